The van der Waals surface area contributed by atoms with E-state index in [0.717, 1.165) is 17.0 Å². The Bertz CT molecular complexity index is 448. The maximum absolute atomic E-state index is 11.6. The van der Waals surface area contributed by atoms with E-state index >= 15 is 0 Å². The Labute approximate surface area is 112 Å². The number of hydrazine groups is 1. The van der Waals surface area contributed by atoms with Gasteiger partial charge in [0.15, 0.2) is 0 Å². The number of likely N-dealkylation sites (N-methyl/N-ethyl adjacent to an activating group) is 1. The fourth-order valence-corrected chi connectivity index (χ4v) is 3.16. The summed E-state index contributed by atoms with van der Waals surface area (Å²) in [7, 11) is 1.52. The zero-order valence-electron chi connectivity index (χ0n) is 10.6. The molecule has 4 nitrogen and oxygen atoms in total. The van der Waals surface area contributed by atoms with Gasteiger partial charge in [-0.2, -0.15) is 0 Å². The highest BCUT2D eigenvalue weighted by atomic mass is 32.2. The number of hydrogen-bond donors (Lipinski definition) is 2. The van der Waals surface area contributed by atoms with E-state index in [0.29, 0.717) is 6.42 Å². The van der Waals surface area contributed by atoms with E-state index in [1.807, 2.05) is 11.8 Å². The van der Waals surface area contributed by atoms with Gasteiger partial charge in [0.2, 0.25) is 0 Å². The van der Waals surface area contributed by atoms with E-state index < -0.39 is 6.04 Å². The first-order valence-corrected chi connectivity index (χ1v) is 7.09. The van der Waals surface area contributed by atoms with Crippen LogP contribution < -0.4 is 11.6 Å². The van der Waals surface area contributed by atoms with Crippen molar-refractivity contribution in [1.82, 2.24) is 5.01 Å². The molecule has 0 aliphatic carbocycles. The number of benzene rings is 1. The summed E-state index contributed by atoms with van der Waals surface area (Å²) in [5.74, 6) is 6.36. The van der Waals surface area contributed by atoms with E-state index in [4.69, 9.17) is 11.6 Å². The summed E-state index contributed by atoms with van der Waals surface area (Å²) in [6.07, 6.45) is 2.88. The number of hydrogen-bond acceptors (Lipinski definition) is 4. The van der Waals surface area contributed by atoms with Crippen LogP contribution in [0.25, 0.3) is 0 Å². The maximum Gasteiger partial charge on any atom is 0.253 e. The van der Waals surface area contributed by atoms with Crippen LogP contribution in [-0.2, 0) is 17.6 Å². The third-order valence-electron chi connectivity index (χ3n) is 3.09. The van der Waals surface area contributed by atoms with Crippen molar-refractivity contribution < 1.29 is 4.79 Å². The minimum atomic E-state index is -0.561. The average molecular weight is 265 g/mol. The lowest BCUT2D eigenvalue weighted by molar-refractivity contribution is -0.131. The molecule has 98 valence electrons. The molecule has 2 rings (SSSR count). The normalized spacial score (nSPS) is 15.9. The van der Waals surface area contributed by atoms with Crippen molar-refractivity contribution in [2.45, 2.75) is 30.2 Å². The largest absolute Gasteiger partial charge is 0.320 e. The highest BCUT2D eigenvalue weighted by Gasteiger charge is 2.17. The van der Waals surface area contributed by atoms with E-state index in [1.165, 1.54) is 29.7 Å². The van der Waals surface area contributed by atoms with Crippen LogP contribution in [0.3, 0.4) is 0 Å². The lowest BCUT2D eigenvalue weighted by atomic mass is 10.0. The van der Waals surface area contributed by atoms with Gasteiger partial charge in [0.1, 0.15) is 0 Å². The van der Waals surface area contributed by atoms with Crippen molar-refractivity contribution >= 4 is 17.7 Å². The van der Waals surface area contributed by atoms with Gasteiger partial charge < -0.3 is 5.73 Å². The number of rotatable bonds is 3. The molecule has 1 unspecified atom stereocenters. The summed E-state index contributed by atoms with van der Waals surface area (Å²) in [5, 5.41) is 1.05. The summed E-state index contributed by atoms with van der Waals surface area (Å²) in [4.78, 5) is 13.0. The lowest BCUT2D eigenvalue weighted by Gasteiger charge is -2.19. The molecule has 0 saturated heterocycles. The molecule has 4 N–H and O–H groups in total. The second-order valence-corrected chi connectivity index (χ2v) is 5.79. The zero-order chi connectivity index (χ0) is 13.1. The van der Waals surface area contributed by atoms with Crippen molar-refractivity contribution in [3.8, 4) is 0 Å². The third kappa shape index (κ3) is 3.04. The van der Waals surface area contributed by atoms with Crippen LogP contribution in [0.4, 0.5) is 0 Å². The molecule has 1 aromatic rings. The van der Waals surface area contributed by atoms with Gasteiger partial charge in [-0.1, -0.05) is 12.1 Å². The Morgan fingerprint density at radius 3 is 3.06 bits per heavy atom. The molecule has 1 heterocycles. The number of carbonyl (C=O) groups is 1. The van der Waals surface area contributed by atoms with E-state index in [2.05, 4.69) is 18.2 Å². The monoisotopic (exact) mass is 265 g/mol. The first-order chi connectivity index (χ1) is 8.58. The summed E-state index contributed by atoms with van der Waals surface area (Å²) in [6, 6.07) is 5.80. The molecule has 1 aliphatic heterocycles. The SMILES string of the molecule is CN(N)C(=O)C(N)Cc1ccc2c(c1)CCCS2. The molecule has 1 aromatic carbocycles. The topological polar surface area (TPSA) is 72.3 Å². The van der Waals surface area contributed by atoms with Gasteiger partial charge in [-0.3, -0.25) is 9.80 Å². The third-order valence-corrected chi connectivity index (χ3v) is 4.30. The van der Waals surface area contributed by atoms with Crippen LogP contribution >= 0.6 is 11.8 Å². The molecular weight excluding hydrogens is 246 g/mol. The first-order valence-electron chi connectivity index (χ1n) is 6.10. The molecule has 0 radical (unpaired) electrons. The number of nitrogens with zero attached hydrogens (tertiary/aromatic N) is 1. The fourth-order valence-electron chi connectivity index (χ4n) is 2.14. The fraction of sp³-hybridized carbons (Fsp3) is 0.462. The molecule has 0 fully saturated rings. The molecule has 0 saturated carbocycles. The minimum Gasteiger partial charge on any atom is -0.320 e. The number of carbonyl (C=O) groups excluding carboxylic acids is 1. The summed E-state index contributed by atoms with van der Waals surface area (Å²) < 4.78 is 0. The lowest BCUT2D eigenvalue weighted by Crippen LogP contribution is -2.46. The van der Waals surface area contributed by atoms with Gasteiger partial charge in [0, 0.05) is 11.9 Å². The molecule has 0 aromatic heterocycles. The number of nitrogens with two attached hydrogens (primary N) is 2. The standard InChI is InChI=1S/C13H19N3OS/c1-16(15)13(17)11(14)8-9-4-5-12-10(7-9)3-2-6-18-12/h4-5,7,11H,2-3,6,8,14-15H2,1H3. The predicted molar refractivity (Wildman–Crippen MR) is 74.1 cm³/mol. The van der Waals surface area contributed by atoms with Crippen LogP contribution in [0, 0.1) is 0 Å². The number of amides is 1. The minimum absolute atomic E-state index is 0.234. The van der Waals surface area contributed by atoms with Crippen molar-refractivity contribution in [2.24, 2.45) is 11.6 Å². The second kappa shape index (κ2) is 5.73. The Balaban J connectivity index is 2.08. The van der Waals surface area contributed by atoms with Crippen LogP contribution in [-0.4, -0.2) is 29.8 Å². The van der Waals surface area contributed by atoms with Crippen molar-refractivity contribution in [3.05, 3.63) is 29.3 Å². The van der Waals surface area contributed by atoms with E-state index in [9.17, 15) is 4.79 Å². The molecule has 5 heteroatoms. The summed E-state index contributed by atoms with van der Waals surface area (Å²) in [6.45, 7) is 0. The quantitative estimate of drug-likeness (QED) is 0.484. The van der Waals surface area contributed by atoms with Crippen LogP contribution in [0.15, 0.2) is 23.1 Å². The summed E-state index contributed by atoms with van der Waals surface area (Å²) >= 11 is 1.90. The number of thioether (sulfide) groups is 1. The Kier molecular flexibility index (Phi) is 4.27. The highest BCUT2D eigenvalue weighted by Crippen LogP contribution is 2.30. The van der Waals surface area contributed by atoms with Crippen molar-refractivity contribution in [1.29, 1.82) is 0 Å². The van der Waals surface area contributed by atoms with Gasteiger partial charge in [-0.15, -0.1) is 11.8 Å². The van der Waals surface area contributed by atoms with Gasteiger partial charge >= 0.3 is 0 Å². The Morgan fingerprint density at radius 2 is 2.33 bits per heavy atom. The smallest absolute Gasteiger partial charge is 0.253 e. The highest BCUT2D eigenvalue weighted by molar-refractivity contribution is 7.99. The van der Waals surface area contributed by atoms with Crippen molar-refractivity contribution in [3.63, 3.8) is 0 Å². The van der Waals surface area contributed by atoms with Gasteiger partial charge in [-0.25, -0.2) is 5.84 Å². The van der Waals surface area contributed by atoms with Crippen molar-refractivity contribution in [2.75, 3.05) is 12.8 Å². The first kappa shape index (κ1) is 13.4. The second-order valence-electron chi connectivity index (χ2n) is 4.65. The number of fused-ring (bicyclic) bond motifs is 1. The molecule has 1 aliphatic rings. The van der Waals surface area contributed by atoms with Crippen LogP contribution in [0.5, 0.6) is 0 Å². The summed E-state index contributed by atoms with van der Waals surface area (Å²) in [5.41, 5.74) is 8.34. The Hall–Kier alpha value is -1.04. The van der Waals surface area contributed by atoms with Gasteiger partial charge in [-0.05, 0) is 42.2 Å². The maximum atomic E-state index is 11.6. The Morgan fingerprint density at radius 1 is 1.56 bits per heavy atom. The molecule has 0 spiro atoms. The molecular formula is C13H19N3OS. The molecule has 1 amide bonds. The van der Waals surface area contributed by atoms with E-state index in [1.54, 1.807) is 0 Å². The van der Waals surface area contributed by atoms with Crippen LogP contribution in [0.2, 0.25) is 0 Å². The van der Waals surface area contributed by atoms with Gasteiger partial charge in [0.05, 0.1) is 6.04 Å². The molecule has 18 heavy (non-hydrogen) atoms. The average Bonchev–Trinajstić information content (AvgIpc) is 2.37. The predicted octanol–water partition coefficient (Wildman–Crippen LogP) is 0.927. The zero-order valence-corrected chi connectivity index (χ0v) is 11.4. The molecule has 1 atom stereocenters. The number of aryl methyl sites for hydroxylation is 1. The van der Waals surface area contributed by atoms with Gasteiger partial charge in [0.25, 0.3) is 5.91 Å². The van der Waals surface area contributed by atoms with E-state index in [-0.39, 0.29) is 5.91 Å². The van der Waals surface area contributed by atoms with Crippen LogP contribution in [0.1, 0.15) is 17.5 Å². The molecule has 0 bridgehead atoms.